The number of hydrogen-bond acceptors (Lipinski definition) is 5. The van der Waals surface area contributed by atoms with Crippen molar-refractivity contribution in [2.24, 2.45) is 0 Å². The van der Waals surface area contributed by atoms with Crippen molar-refractivity contribution in [3.8, 4) is 0 Å². The summed E-state index contributed by atoms with van der Waals surface area (Å²) in [5.41, 5.74) is 1.71. The molecule has 2 aliphatic rings. The Hall–Kier alpha value is -2.77. The minimum atomic E-state index is 0.0309. The van der Waals surface area contributed by atoms with E-state index in [2.05, 4.69) is 17.1 Å². The Balaban J connectivity index is 1.48. The van der Waals surface area contributed by atoms with Gasteiger partial charge in [-0.15, -0.1) is 11.3 Å². The SMILES string of the molecule is O=C(c1sc2ccccc2c1C[C@H]1CCCCN1C(=O)c1cccnc1)N1CCOCC1. The fourth-order valence-electron chi connectivity index (χ4n) is 4.76. The molecular weight excluding hydrogens is 422 g/mol. The van der Waals surface area contributed by atoms with Crippen molar-refractivity contribution in [1.29, 1.82) is 0 Å². The number of benzene rings is 1. The second-order valence-corrected chi connectivity index (χ2v) is 9.46. The average Bonchev–Trinajstić information content (AvgIpc) is 3.23. The number of pyridine rings is 1. The number of fused-ring (bicyclic) bond motifs is 1. The first-order chi connectivity index (χ1) is 15.7. The lowest BCUT2D eigenvalue weighted by molar-refractivity contribution is 0.0305. The fraction of sp³-hybridized carbons (Fsp3) is 0.400. The molecule has 0 saturated carbocycles. The molecule has 3 aromatic rings. The van der Waals surface area contributed by atoms with Crippen LogP contribution in [0.15, 0.2) is 48.8 Å². The largest absolute Gasteiger partial charge is 0.378 e. The molecule has 2 saturated heterocycles. The van der Waals surface area contributed by atoms with Crippen molar-refractivity contribution in [3.05, 3.63) is 64.8 Å². The van der Waals surface area contributed by atoms with Crippen LogP contribution in [0.1, 0.15) is 44.9 Å². The lowest BCUT2D eigenvalue weighted by Gasteiger charge is -2.36. The Morgan fingerprint density at radius 2 is 1.88 bits per heavy atom. The van der Waals surface area contributed by atoms with Gasteiger partial charge in [0, 0.05) is 42.8 Å². The van der Waals surface area contributed by atoms with E-state index < -0.39 is 0 Å². The molecule has 0 bridgehead atoms. The van der Waals surface area contributed by atoms with Crippen LogP contribution in [0.4, 0.5) is 0 Å². The summed E-state index contributed by atoms with van der Waals surface area (Å²) < 4.78 is 6.56. The van der Waals surface area contributed by atoms with Gasteiger partial charge in [-0.3, -0.25) is 14.6 Å². The number of thiophene rings is 1. The number of nitrogens with zero attached hydrogens (tertiary/aromatic N) is 3. The normalized spacial score (nSPS) is 19.3. The number of carbonyl (C=O) groups is 2. The Morgan fingerprint density at radius 3 is 2.69 bits per heavy atom. The van der Waals surface area contributed by atoms with Gasteiger partial charge in [-0.1, -0.05) is 18.2 Å². The van der Waals surface area contributed by atoms with Crippen LogP contribution in [0, 0.1) is 0 Å². The van der Waals surface area contributed by atoms with Crippen LogP contribution in [0.2, 0.25) is 0 Å². The van der Waals surface area contributed by atoms with Crippen LogP contribution < -0.4 is 0 Å². The van der Waals surface area contributed by atoms with Gasteiger partial charge in [-0.2, -0.15) is 0 Å². The minimum Gasteiger partial charge on any atom is -0.378 e. The first kappa shape index (κ1) is 21.1. The fourth-order valence-corrected chi connectivity index (χ4v) is 5.96. The molecule has 0 radical (unpaired) electrons. The number of morpholine rings is 1. The van der Waals surface area contributed by atoms with Crippen molar-refractivity contribution in [2.45, 2.75) is 31.7 Å². The smallest absolute Gasteiger partial charge is 0.264 e. The highest BCUT2D eigenvalue weighted by molar-refractivity contribution is 7.21. The molecule has 1 aromatic carbocycles. The number of amides is 2. The highest BCUT2D eigenvalue weighted by Crippen LogP contribution is 2.35. The van der Waals surface area contributed by atoms with Gasteiger partial charge in [0.25, 0.3) is 11.8 Å². The van der Waals surface area contributed by atoms with E-state index in [9.17, 15) is 9.59 Å². The van der Waals surface area contributed by atoms with E-state index in [1.165, 1.54) is 0 Å². The van der Waals surface area contributed by atoms with Gasteiger partial charge in [0.05, 0.1) is 23.7 Å². The minimum absolute atomic E-state index is 0.0309. The molecule has 2 fully saturated rings. The molecule has 32 heavy (non-hydrogen) atoms. The van der Waals surface area contributed by atoms with E-state index in [1.807, 2.05) is 28.0 Å². The second kappa shape index (κ2) is 9.38. The van der Waals surface area contributed by atoms with E-state index in [0.29, 0.717) is 38.3 Å². The Kier molecular flexibility index (Phi) is 6.19. The number of likely N-dealkylation sites (tertiary alicyclic amines) is 1. The zero-order valence-corrected chi connectivity index (χ0v) is 18.9. The molecule has 0 unspecified atom stereocenters. The standard InChI is InChI=1S/C25H27N3O3S/c29-24(18-6-5-10-26-17-18)28-11-4-3-7-19(28)16-21-20-8-1-2-9-22(20)32-23(21)25(30)27-12-14-31-15-13-27/h1-2,5-6,8-10,17,19H,3-4,7,11-16H2/t19-/m1/s1. The lowest BCUT2D eigenvalue weighted by Crippen LogP contribution is -2.45. The van der Waals surface area contributed by atoms with Crippen LogP contribution >= 0.6 is 11.3 Å². The molecule has 2 amide bonds. The first-order valence-corrected chi connectivity index (χ1v) is 12.1. The topological polar surface area (TPSA) is 62.7 Å². The van der Waals surface area contributed by atoms with Gasteiger partial charge in [-0.25, -0.2) is 0 Å². The van der Waals surface area contributed by atoms with Crippen molar-refractivity contribution in [2.75, 3.05) is 32.8 Å². The number of carbonyl (C=O) groups excluding carboxylic acids is 2. The van der Waals surface area contributed by atoms with Crippen LogP contribution in [-0.4, -0.2) is 65.5 Å². The number of ether oxygens (including phenoxy) is 1. The molecule has 5 rings (SSSR count). The predicted octanol–water partition coefficient (Wildman–Crippen LogP) is 4.01. The third-order valence-corrected chi connectivity index (χ3v) is 7.63. The van der Waals surface area contributed by atoms with Gasteiger partial charge in [0.15, 0.2) is 0 Å². The molecule has 7 heteroatoms. The molecule has 0 N–H and O–H groups in total. The molecule has 6 nitrogen and oxygen atoms in total. The van der Waals surface area contributed by atoms with Crippen molar-refractivity contribution < 1.29 is 14.3 Å². The lowest BCUT2D eigenvalue weighted by atomic mass is 9.93. The maximum Gasteiger partial charge on any atom is 0.264 e. The predicted molar refractivity (Wildman–Crippen MR) is 125 cm³/mol. The Labute approximate surface area is 191 Å². The van der Waals surface area contributed by atoms with Crippen LogP contribution in [0.25, 0.3) is 10.1 Å². The summed E-state index contributed by atoms with van der Waals surface area (Å²) in [6, 6.07) is 11.9. The van der Waals surface area contributed by atoms with Crippen LogP contribution in [-0.2, 0) is 11.2 Å². The quantitative estimate of drug-likeness (QED) is 0.604. The molecule has 2 aromatic heterocycles. The third-order valence-electron chi connectivity index (χ3n) is 6.43. The van der Waals surface area contributed by atoms with Crippen LogP contribution in [0.5, 0.6) is 0 Å². The summed E-state index contributed by atoms with van der Waals surface area (Å²) in [7, 11) is 0. The average molecular weight is 450 g/mol. The zero-order valence-electron chi connectivity index (χ0n) is 18.0. The molecule has 0 spiro atoms. The van der Waals surface area contributed by atoms with E-state index in [4.69, 9.17) is 4.74 Å². The summed E-state index contributed by atoms with van der Waals surface area (Å²) >= 11 is 1.57. The van der Waals surface area contributed by atoms with Gasteiger partial charge in [0.1, 0.15) is 0 Å². The second-order valence-electron chi connectivity index (χ2n) is 8.40. The molecule has 0 aliphatic carbocycles. The van der Waals surface area contributed by atoms with E-state index in [0.717, 1.165) is 46.3 Å². The van der Waals surface area contributed by atoms with Crippen molar-refractivity contribution in [3.63, 3.8) is 0 Å². The van der Waals surface area contributed by atoms with E-state index >= 15 is 0 Å². The monoisotopic (exact) mass is 449 g/mol. The summed E-state index contributed by atoms with van der Waals surface area (Å²) in [6.45, 7) is 3.17. The Bertz CT molecular complexity index is 1110. The summed E-state index contributed by atoms with van der Waals surface area (Å²) in [4.78, 5) is 35.6. The van der Waals surface area contributed by atoms with Crippen molar-refractivity contribution in [1.82, 2.24) is 14.8 Å². The van der Waals surface area contributed by atoms with Gasteiger partial charge in [0.2, 0.25) is 0 Å². The van der Waals surface area contributed by atoms with Gasteiger partial charge in [-0.05, 0) is 54.8 Å². The maximum atomic E-state index is 13.5. The summed E-state index contributed by atoms with van der Waals surface area (Å²) in [6.07, 6.45) is 7.07. The number of aromatic nitrogens is 1. The molecule has 1 atom stereocenters. The molecule has 166 valence electrons. The van der Waals surface area contributed by atoms with Gasteiger partial charge >= 0.3 is 0 Å². The third kappa shape index (κ3) is 4.14. The molecule has 4 heterocycles. The molecule has 2 aliphatic heterocycles. The van der Waals surface area contributed by atoms with Crippen molar-refractivity contribution >= 4 is 33.2 Å². The van der Waals surface area contributed by atoms with Crippen LogP contribution in [0.3, 0.4) is 0 Å². The highest BCUT2D eigenvalue weighted by atomic mass is 32.1. The van der Waals surface area contributed by atoms with Gasteiger partial charge < -0.3 is 14.5 Å². The zero-order chi connectivity index (χ0) is 21.9. The number of piperidine rings is 1. The van der Waals surface area contributed by atoms with E-state index in [1.54, 1.807) is 29.8 Å². The first-order valence-electron chi connectivity index (χ1n) is 11.3. The maximum absolute atomic E-state index is 13.5. The number of hydrogen-bond donors (Lipinski definition) is 0. The van der Waals surface area contributed by atoms with E-state index in [-0.39, 0.29) is 17.9 Å². The number of rotatable bonds is 4. The summed E-state index contributed by atoms with van der Waals surface area (Å²) in [5.74, 6) is 0.119. The summed E-state index contributed by atoms with van der Waals surface area (Å²) in [5, 5.41) is 1.13. The Morgan fingerprint density at radius 1 is 1.03 bits per heavy atom. The molecular formula is C25H27N3O3S. The highest BCUT2D eigenvalue weighted by Gasteiger charge is 2.31.